The van der Waals surface area contributed by atoms with Crippen LogP contribution < -0.4 is 14.8 Å². The quantitative estimate of drug-likeness (QED) is 0.910. The van der Waals surface area contributed by atoms with Crippen LogP contribution in [0.3, 0.4) is 0 Å². The Labute approximate surface area is 115 Å². The van der Waals surface area contributed by atoms with Gasteiger partial charge in [0.2, 0.25) is 5.76 Å². The average Bonchev–Trinajstić information content (AvgIpc) is 2.74. The molecule has 0 saturated heterocycles. The number of ether oxygens (including phenoxy) is 2. The van der Waals surface area contributed by atoms with Crippen molar-refractivity contribution < 1.29 is 18.8 Å². The fraction of sp³-hybridized carbons (Fsp3) is 0.286. The number of hydrogen-bond acceptors (Lipinski definition) is 5. The van der Waals surface area contributed by atoms with Crippen LogP contribution in [0.15, 0.2) is 28.8 Å². The topological polar surface area (TPSA) is 73.6 Å². The molecule has 0 unspecified atom stereocenters. The smallest absolute Gasteiger partial charge is 0.294 e. The van der Waals surface area contributed by atoms with Crippen molar-refractivity contribution in [2.24, 2.45) is 0 Å². The van der Waals surface area contributed by atoms with E-state index in [-0.39, 0.29) is 11.7 Å². The number of rotatable bonds is 2. The molecule has 1 aliphatic rings. The first-order chi connectivity index (χ1) is 9.72. The molecule has 1 aliphatic heterocycles. The van der Waals surface area contributed by atoms with E-state index in [1.54, 1.807) is 31.2 Å². The molecule has 20 heavy (non-hydrogen) atoms. The molecule has 2 aromatic rings. The summed E-state index contributed by atoms with van der Waals surface area (Å²) in [5.41, 5.74) is 1.28. The SMILES string of the molecule is Cc1cc(C(=O)Nc2ccc3c(c2)OCCCO3)on1. The van der Waals surface area contributed by atoms with Crippen LogP contribution in [-0.2, 0) is 0 Å². The largest absolute Gasteiger partial charge is 0.490 e. The molecule has 0 atom stereocenters. The van der Waals surface area contributed by atoms with Crippen molar-refractivity contribution in [3.05, 3.63) is 35.7 Å². The summed E-state index contributed by atoms with van der Waals surface area (Å²) in [4.78, 5) is 11.9. The van der Waals surface area contributed by atoms with Gasteiger partial charge in [-0.2, -0.15) is 0 Å². The maximum absolute atomic E-state index is 11.9. The molecule has 0 aliphatic carbocycles. The van der Waals surface area contributed by atoms with E-state index < -0.39 is 0 Å². The number of amides is 1. The third-order valence-corrected chi connectivity index (χ3v) is 2.86. The van der Waals surface area contributed by atoms with E-state index >= 15 is 0 Å². The van der Waals surface area contributed by atoms with Gasteiger partial charge < -0.3 is 19.3 Å². The number of hydrogen-bond donors (Lipinski definition) is 1. The zero-order valence-corrected chi connectivity index (χ0v) is 11.0. The van der Waals surface area contributed by atoms with Crippen LogP contribution in [0, 0.1) is 6.92 Å². The van der Waals surface area contributed by atoms with E-state index in [4.69, 9.17) is 14.0 Å². The number of fused-ring (bicyclic) bond motifs is 1. The fourth-order valence-electron chi connectivity index (χ4n) is 1.90. The van der Waals surface area contributed by atoms with Crippen molar-refractivity contribution in [1.29, 1.82) is 0 Å². The van der Waals surface area contributed by atoms with Crippen LogP contribution in [-0.4, -0.2) is 24.3 Å². The highest BCUT2D eigenvalue weighted by atomic mass is 16.5. The van der Waals surface area contributed by atoms with Gasteiger partial charge >= 0.3 is 0 Å². The van der Waals surface area contributed by atoms with Crippen LogP contribution in [0.4, 0.5) is 5.69 Å². The highest BCUT2D eigenvalue weighted by Gasteiger charge is 2.14. The van der Waals surface area contributed by atoms with Crippen molar-refractivity contribution in [2.45, 2.75) is 13.3 Å². The second kappa shape index (κ2) is 5.24. The second-order valence-corrected chi connectivity index (χ2v) is 4.50. The molecule has 1 aromatic heterocycles. The Bertz CT molecular complexity index is 636. The summed E-state index contributed by atoms with van der Waals surface area (Å²) in [5, 5.41) is 6.42. The molecule has 1 aromatic carbocycles. The maximum atomic E-state index is 11.9. The lowest BCUT2D eigenvalue weighted by atomic mass is 10.2. The van der Waals surface area contributed by atoms with Crippen LogP contribution >= 0.6 is 0 Å². The van der Waals surface area contributed by atoms with Crippen LogP contribution in [0.2, 0.25) is 0 Å². The number of carbonyl (C=O) groups is 1. The highest BCUT2D eigenvalue weighted by molar-refractivity contribution is 6.02. The van der Waals surface area contributed by atoms with Gasteiger partial charge in [-0.15, -0.1) is 0 Å². The monoisotopic (exact) mass is 274 g/mol. The number of nitrogens with one attached hydrogen (secondary N) is 1. The van der Waals surface area contributed by atoms with E-state index in [1.807, 2.05) is 0 Å². The van der Waals surface area contributed by atoms with Gasteiger partial charge in [-0.25, -0.2) is 0 Å². The van der Waals surface area contributed by atoms with Crippen molar-refractivity contribution in [2.75, 3.05) is 18.5 Å². The molecule has 0 saturated carbocycles. The zero-order chi connectivity index (χ0) is 13.9. The number of benzene rings is 1. The van der Waals surface area contributed by atoms with Crippen LogP contribution in [0.5, 0.6) is 11.5 Å². The standard InChI is InChI=1S/C14H14N2O4/c1-9-7-13(20-16-9)14(17)15-10-3-4-11-12(8-10)19-6-2-5-18-11/h3-4,7-8H,2,5-6H2,1H3,(H,15,17). The first kappa shape index (κ1) is 12.5. The molecule has 0 spiro atoms. The molecule has 104 valence electrons. The lowest BCUT2D eigenvalue weighted by Gasteiger charge is -2.09. The summed E-state index contributed by atoms with van der Waals surface area (Å²) in [6, 6.07) is 6.86. The number of aryl methyl sites for hydroxylation is 1. The first-order valence-electron chi connectivity index (χ1n) is 6.37. The summed E-state index contributed by atoms with van der Waals surface area (Å²) in [6.07, 6.45) is 0.841. The third-order valence-electron chi connectivity index (χ3n) is 2.86. The molecule has 6 heteroatoms. The molecule has 1 amide bonds. The minimum atomic E-state index is -0.347. The predicted molar refractivity (Wildman–Crippen MR) is 71.2 cm³/mol. The zero-order valence-electron chi connectivity index (χ0n) is 11.0. The van der Waals surface area contributed by atoms with Gasteiger partial charge in [-0.05, 0) is 19.1 Å². The van der Waals surface area contributed by atoms with Gasteiger partial charge in [-0.1, -0.05) is 5.16 Å². The Kier molecular flexibility index (Phi) is 3.28. The van der Waals surface area contributed by atoms with Gasteiger partial charge in [-0.3, -0.25) is 4.79 Å². The molecule has 0 bridgehead atoms. The van der Waals surface area contributed by atoms with Crippen molar-refractivity contribution in [3.63, 3.8) is 0 Å². The molecule has 1 N–H and O–H groups in total. The number of nitrogens with zero attached hydrogens (tertiary/aromatic N) is 1. The average molecular weight is 274 g/mol. The minimum Gasteiger partial charge on any atom is -0.490 e. The van der Waals surface area contributed by atoms with Gasteiger partial charge in [0.25, 0.3) is 5.91 Å². The van der Waals surface area contributed by atoms with Gasteiger partial charge in [0, 0.05) is 24.2 Å². The molecular formula is C14H14N2O4. The van der Waals surface area contributed by atoms with Crippen molar-refractivity contribution in [3.8, 4) is 11.5 Å². The summed E-state index contributed by atoms with van der Waals surface area (Å²) in [7, 11) is 0. The van der Waals surface area contributed by atoms with Gasteiger partial charge in [0.05, 0.1) is 18.9 Å². The minimum absolute atomic E-state index is 0.176. The fourth-order valence-corrected chi connectivity index (χ4v) is 1.90. The highest BCUT2D eigenvalue weighted by Crippen LogP contribution is 2.32. The Balaban J connectivity index is 1.77. The summed E-state index contributed by atoms with van der Waals surface area (Å²) < 4.78 is 16.0. The van der Waals surface area contributed by atoms with E-state index in [2.05, 4.69) is 10.5 Å². The summed E-state index contributed by atoms with van der Waals surface area (Å²) in [5.74, 6) is 1.15. The number of aromatic nitrogens is 1. The Morgan fingerprint density at radius 3 is 2.75 bits per heavy atom. The summed E-state index contributed by atoms with van der Waals surface area (Å²) in [6.45, 7) is 3.00. The second-order valence-electron chi connectivity index (χ2n) is 4.50. The number of anilines is 1. The predicted octanol–water partition coefficient (Wildman–Crippen LogP) is 2.40. The summed E-state index contributed by atoms with van der Waals surface area (Å²) >= 11 is 0. The van der Waals surface area contributed by atoms with E-state index in [0.29, 0.717) is 36.1 Å². The van der Waals surface area contributed by atoms with E-state index in [9.17, 15) is 4.79 Å². The maximum Gasteiger partial charge on any atom is 0.294 e. The Morgan fingerprint density at radius 1 is 1.20 bits per heavy atom. The molecule has 0 fully saturated rings. The third kappa shape index (κ3) is 2.59. The Hall–Kier alpha value is -2.50. The lowest BCUT2D eigenvalue weighted by molar-refractivity contribution is 0.0988. The first-order valence-corrected chi connectivity index (χ1v) is 6.37. The van der Waals surface area contributed by atoms with Crippen LogP contribution in [0.25, 0.3) is 0 Å². The molecule has 6 nitrogen and oxygen atoms in total. The van der Waals surface area contributed by atoms with Crippen LogP contribution in [0.1, 0.15) is 22.7 Å². The lowest BCUT2D eigenvalue weighted by Crippen LogP contribution is -2.11. The van der Waals surface area contributed by atoms with Gasteiger partial charge in [0.15, 0.2) is 11.5 Å². The van der Waals surface area contributed by atoms with Crippen molar-refractivity contribution >= 4 is 11.6 Å². The van der Waals surface area contributed by atoms with E-state index in [0.717, 1.165) is 6.42 Å². The molecular weight excluding hydrogens is 260 g/mol. The molecule has 3 rings (SSSR count). The molecule has 2 heterocycles. The van der Waals surface area contributed by atoms with Crippen molar-refractivity contribution in [1.82, 2.24) is 5.16 Å². The normalized spacial score (nSPS) is 13.7. The molecule has 0 radical (unpaired) electrons. The van der Waals surface area contributed by atoms with Gasteiger partial charge in [0.1, 0.15) is 0 Å². The number of carbonyl (C=O) groups excluding carboxylic acids is 1. The van der Waals surface area contributed by atoms with E-state index in [1.165, 1.54) is 0 Å². The Morgan fingerprint density at radius 2 is 2.00 bits per heavy atom.